The molecular formula is C27H25F4N7O3S. The lowest BCUT2D eigenvalue weighted by atomic mass is 10.1. The fourth-order valence-corrected chi connectivity index (χ4v) is 5.91. The van der Waals surface area contributed by atoms with Crippen molar-refractivity contribution in [3.63, 3.8) is 0 Å². The van der Waals surface area contributed by atoms with E-state index < -0.39 is 32.5 Å². The molecule has 1 saturated heterocycles. The quantitative estimate of drug-likeness (QED) is 0.240. The van der Waals surface area contributed by atoms with Gasteiger partial charge in [0.2, 0.25) is 15.9 Å². The summed E-state index contributed by atoms with van der Waals surface area (Å²) in [6, 6.07) is 7.96. The number of hydrogen-bond acceptors (Lipinski definition) is 7. The summed E-state index contributed by atoms with van der Waals surface area (Å²) >= 11 is 0. The highest BCUT2D eigenvalue weighted by atomic mass is 32.2. The minimum absolute atomic E-state index is 0.161. The molecule has 220 valence electrons. The van der Waals surface area contributed by atoms with Crippen LogP contribution in [0, 0.1) is 5.82 Å². The molecule has 1 aliphatic heterocycles. The number of sulfonamides is 1. The van der Waals surface area contributed by atoms with Gasteiger partial charge in [-0.15, -0.1) is 0 Å². The molecule has 15 heteroatoms. The summed E-state index contributed by atoms with van der Waals surface area (Å²) in [7, 11) is -4.38. The van der Waals surface area contributed by atoms with Crippen molar-refractivity contribution in [2.24, 2.45) is 0 Å². The molecule has 2 aromatic heterocycles. The normalized spacial score (nSPS) is 16.1. The highest BCUT2D eigenvalue weighted by molar-refractivity contribution is 7.89. The zero-order valence-corrected chi connectivity index (χ0v) is 22.8. The standard InChI is InChI=1S/C27H25F4N7O3S/c1-2-22(39)37-11-3-4-18(14-37)38-26-23(25(32)33-15-34-26)24(36-38)17-7-5-16(6-8-17)13-35-42(40,41)19-9-10-21(28)20(12-19)27(29,30)31/h2,5-10,12,15,18,35H,1,3-4,11,13-14H2,(H2,32,33,34). The molecule has 0 spiro atoms. The van der Waals surface area contributed by atoms with E-state index in [1.165, 1.54) is 12.4 Å². The predicted octanol–water partition coefficient (Wildman–Crippen LogP) is 4.06. The first-order chi connectivity index (χ1) is 19.9. The molecule has 4 aromatic rings. The summed E-state index contributed by atoms with van der Waals surface area (Å²) in [5.41, 5.74) is 6.67. The number of alkyl halides is 3. The number of carbonyl (C=O) groups is 1. The van der Waals surface area contributed by atoms with Crippen molar-refractivity contribution in [3.05, 3.63) is 78.4 Å². The van der Waals surface area contributed by atoms with E-state index in [1.54, 1.807) is 33.8 Å². The van der Waals surface area contributed by atoms with Crippen molar-refractivity contribution in [1.82, 2.24) is 29.4 Å². The van der Waals surface area contributed by atoms with E-state index in [-0.39, 0.29) is 30.4 Å². The van der Waals surface area contributed by atoms with Crippen LogP contribution in [0.1, 0.15) is 30.0 Å². The highest BCUT2D eigenvalue weighted by Crippen LogP contribution is 2.35. The molecule has 42 heavy (non-hydrogen) atoms. The Bertz CT molecular complexity index is 1770. The highest BCUT2D eigenvalue weighted by Gasteiger charge is 2.35. The third kappa shape index (κ3) is 5.69. The van der Waals surface area contributed by atoms with Gasteiger partial charge in [0, 0.05) is 25.2 Å². The van der Waals surface area contributed by atoms with Crippen LogP contribution in [0.5, 0.6) is 0 Å². The molecule has 1 fully saturated rings. The summed E-state index contributed by atoms with van der Waals surface area (Å²) in [6.45, 7) is 4.35. The van der Waals surface area contributed by atoms with Crippen LogP contribution in [-0.2, 0) is 27.5 Å². The number of rotatable bonds is 7. The Morgan fingerprint density at radius 2 is 1.90 bits per heavy atom. The first-order valence-corrected chi connectivity index (χ1v) is 14.2. The van der Waals surface area contributed by atoms with E-state index in [1.807, 2.05) is 0 Å². The van der Waals surface area contributed by atoms with Crippen LogP contribution in [0.3, 0.4) is 0 Å². The number of likely N-dealkylation sites (tertiary alicyclic amines) is 1. The number of fused-ring (bicyclic) bond motifs is 1. The van der Waals surface area contributed by atoms with Gasteiger partial charge < -0.3 is 10.6 Å². The summed E-state index contributed by atoms with van der Waals surface area (Å²) in [4.78, 5) is 21.7. The van der Waals surface area contributed by atoms with Crippen LogP contribution in [0.4, 0.5) is 23.4 Å². The molecule has 0 bridgehead atoms. The average molecular weight is 604 g/mol. The molecule has 0 saturated carbocycles. The van der Waals surface area contributed by atoms with Crippen molar-refractivity contribution in [2.45, 2.75) is 36.5 Å². The molecule has 2 aromatic carbocycles. The van der Waals surface area contributed by atoms with Gasteiger partial charge in [0.15, 0.2) is 5.65 Å². The summed E-state index contributed by atoms with van der Waals surface area (Å²) in [5, 5.41) is 5.31. The minimum atomic E-state index is -5.05. The maximum Gasteiger partial charge on any atom is 0.419 e. The Morgan fingerprint density at radius 1 is 1.17 bits per heavy atom. The first kappa shape index (κ1) is 29.1. The number of nitrogen functional groups attached to an aromatic ring is 1. The zero-order chi connectivity index (χ0) is 30.2. The summed E-state index contributed by atoms with van der Waals surface area (Å²) < 4.78 is 82.0. The van der Waals surface area contributed by atoms with E-state index in [9.17, 15) is 30.8 Å². The third-order valence-corrected chi connectivity index (χ3v) is 8.39. The number of carbonyl (C=O) groups excluding carboxylic acids is 1. The van der Waals surface area contributed by atoms with E-state index in [4.69, 9.17) is 10.8 Å². The Balaban J connectivity index is 1.39. The Hall–Kier alpha value is -4.37. The fourth-order valence-electron chi connectivity index (χ4n) is 4.87. The number of amides is 1. The Labute approximate surface area is 237 Å². The number of piperidine rings is 1. The number of halogens is 4. The molecule has 10 nitrogen and oxygen atoms in total. The molecule has 3 heterocycles. The number of hydrogen-bond donors (Lipinski definition) is 2. The number of nitrogens with one attached hydrogen (secondary N) is 1. The first-order valence-electron chi connectivity index (χ1n) is 12.7. The lowest BCUT2D eigenvalue weighted by molar-refractivity contribution is -0.140. The maximum absolute atomic E-state index is 13.6. The van der Waals surface area contributed by atoms with Gasteiger partial charge in [-0.05, 0) is 42.7 Å². The second-order valence-electron chi connectivity index (χ2n) is 9.70. The summed E-state index contributed by atoms with van der Waals surface area (Å²) in [5.74, 6) is -1.52. The van der Waals surface area contributed by atoms with Crippen molar-refractivity contribution >= 4 is 32.8 Å². The average Bonchev–Trinajstić information content (AvgIpc) is 3.36. The number of aromatic nitrogens is 4. The topological polar surface area (TPSA) is 136 Å². The van der Waals surface area contributed by atoms with Crippen molar-refractivity contribution < 1.29 is 30.8 Å². The van der Waals surface area contributed by atoms with E-state index >= 15 is 0 Å². The number of nitrogens with two attached hydrogens (primary N) is 1. The minimum Gasteiger partial charge on any atom is -0.383 e. The molecule has 0 radical (unpaired) electrons. The van der Waals surface area contributed by atoms with Crippen LogP contribution in [0.2, 0.25) is 0 Å². The van der Waals surface area contributed by atoms with Gasteiger partial charge >= 0.3 is 6.18 Å². The lowest BCUT2D eigenvalue weighted by Gasteiger charge is -2.32. The molecule has 1 atom stereocenters. The summed E-state index contributed by atoms with van der Waals surface area (Å²) in [6.07, 6.45) is -0.907. The molecule has 1 amide bonds. The molecular weight excluding hydrogens is 578 g/mol. The van der Waals surface area contributed by atoms with Crippen LogP contribution in [-0.4, -0.2) is 52.1 Å². The van der Waals surface area contributed by atoms with Crippen LogP contribution in [0.15, 0.2) is 66.3 Å². The molecule has 0 aliphatic carbocycles. The van der Waals surface area contributed by atoms with Gasteiger partial charge in [0.25, 0.3) is 0 Å². The van der Waals surface area contributed by atoms with Crippen LogP contribution in [0.25, 0.3) is 22.3 Å². The smallest absolute Gasteiger partial charge is 0.383 e. The van der Waals surface area contributed by atoms with Crippen LogP contribution < -0.4 is 10.5 Å². The van der Waals surface area contributed by atoms with Crippen molar-refractivity contribution in [2.75, 3.05) is 18.8 Å². The molecule has 1 unspecified atom stereocenters. The van der Waals surface area contributed by atoms with Gasteiger partial charge in [-0.2, -0.15) is 18.3 Å². The number of nitrogens with zero attached hydrogens (tertiary/aromatic N) is 5. The monoisotopic (exact) mass is 603 g/mol. The largest absolute Gasteiger partial charge is 0.419 e. The van der Waals surface area contributed by atoms with Gasteiger partial charge in [-0.3, -0.25) is 4.79 Å². The van der Waals surface area contributed by atoms with Crippen LogP contribution >= 0.6 is 0 Å². The van der Waals surface area contributed by atoms with E-state index in [0.717, 1.165) is 18.9 Å². The predicted molar refractivity (Wildman–Crippen MR) is 146 cm³/mol. The molecule has 3 N–H and O–H groups in total. The van der Waals surface area contributed by atoms with Crippen molar-refractivity contribution in [3.8, 4) is 11.3 Å². The Kier molecular flexibility index (Phi) is 7.72. The van der Waals surface area contributed by atoms with Gasteiger partial charge in [0.1, 0.15) is 23.7 Å². The van der Waals surface area contributed by atoms with E-state index in [2.05, 4.69) is 21.3 Å². The zero-order valence-electron chi connectivity index (χ0n) is 22.0. The fraction of sp³-hybridized carbons (Fsp3) is 0.259. The van der Waals surface area contributed by atoms with Gasteiger partial charge in [-0.1, -0.05) is 30.8 Å². The second-order valence-corrected chi connectivity index (χ2v) is 11.5. The maximum atomic E-state index is 13.6. The molecule has 5 rings (SSSR count). The van der Waals surface area contributed by atoms with Gasteiger partial charge in [0.05, 0.1) is 21.9 Å². The Morgan fingerprint density at radius 3 is 2.60 bits per heavy atom. The van der Waals surface area contributed by atoms with E-state index in [0.29, 0.717) is 47.0 Å². The second kappa shape index (κ2) is 11.1. The van der Waals surface area contributed by atoms with Crippen molar-refractivity contribution in [1.29, 1.82) is 0 Å². The number of benzene rings is 2. The third-order valence-electron chi connectivity index (χ3n) is 6.99. The molecule has 1 aliphatic rings. The van der Waals surface area contributed by atoms with Gasteiger partial charge in [-0.25, -0.2) is 32.2 Å². The lowest BCUT2D eigenvalue weighted by Crippen LogP contribution is -2.40. The SMILES string of the molecule is C=CC(=O)N1CCCC(n2nc(-c3ccc(CNS(=O)(=O)c4ccc(F)c(C(F)(F)F)c4)cc3)c3c(N)ncnc32)C1. The number of anilines is 1.